The van der Waals surface area contributed by atoms with E-state index in [2.05, 4.69) is 15.8 Å². The number of nitrogens with zero attached hydrogens (tertiary/aromatic N) is 1. The van der Waals surface area contributed by atoms with Gasteiger partial charge in [-0.2, -0.15) is 0 Å². The van der Waals surface area contributed by atoms with Gasteiger partial charge in [0.15, 0.2) is 0 Å². The molecule has 2 amide bonds. The number of aliphatic hydroxyl groups excluding tert-OH is 1. The van der Waals surface area contributed by atoms with Crippen LogP contribution in [-0.4, -0.2) is 28.9 Å². The Hall–Kier alpha value is -1.82. The molecule has 0 bridgehead atoms. The molecule has 0 aromatic carbocycles. The maximum Gasteiger partial charge on any atom is 0.315 e. The van der Waals surface area contributed by atoms with Crippen LogP contribution in [0.15, 0.2) is 16.7 Å². The Kier molecular flexibility index (Phi) is 5.38. The number of hydrogen-bond acceptors (Lipinski definition) is 4. The molecule has 2 rings (SSSR count). The van der Waals surface area contributed by atoms with E-state index in [-0.39, 0.29) is 24.6 Å². The second-order valence-corrected chi connectivity index (χ2v) is 5.23. The van der Waals surface area contributed by atoms with Gasteiger partial charge in [-0.15, -0.1) is 0 Å². The fourth-order valence-electron chi connectivity index (χ4n) is 2.54. The van der Waals surface area contributed by atoms with Crippen molar-refractivity contribution in [3.05, 3.63) is 29.2 Å². The molecular weight excluding hydrogens is 270 g/mol. The van der Waals surface area contributed by atoms with Crippen molar-refractivity contribution in [2.45, 2.75) is 45.7 Å². The van der Waals surface area contributed by atoms with Crippen molar-refractivity contribution in [1.29, 1.82) is 0 Å². The fraction of sp³-hybridized carbons (Fsp3) is 0.600. The molecule has 0 saturated carbocycles. The summed E-state index contributed by atoms with van der Waals surface area (Å²) in [6.07, 6.45) is 6.16. The summed E-state index contributed by atoms with van der Waals surface area (Å²) in [5.74, 6) is 0.972. The minimum atomic E-state index is -0.214. The molecule has 6 heteroatoms. The Morgan fingerprint density at radius 1 is 1.43 bits per heavy atom. The van der Waals surface area contributed by atoms with Crippen LogP contribution in [0.4, 0.5) is 4.79 Å². The first-order valence-corrected chi connectivity index (χ1v) is 7.47. The van der Waals surface area contributed by atoms with Crippen molar-refractivity contribution in [2.24, 2.45) is 5.92 Å². The zero-order chi connectivity index (χ0) is 15.2. The minimum absolute atomic E-state index is 0.0130. The summed E-state index contributed by atoms with van der Waals surface area (Å²) in [7, 11) is 0. The van der Waals surface area contributed by atoms with E-state index in [1.807, 2.05) is 26.0 Å². The zero-order valence-electron chi connectivity index (χ0n) is 12.6. The lowest BCUT2D eigenvalue weighted by atomic mass is 10.1. The van der Waals surface area contributed by atoms with Crippen LogP contribution in [0.5, 0.6) is 0 Å². The van der Waals surface area contributed by atoms with Crippen LogP contribution in [0.2, 0.25) is 0 Å². The second kappa shape index (κ2) is 7.26. The maximum absolute atomic E-state index is 11.9. The predicted molar refractivity (Wildman–Crippen MR) is 78.8 cm³/mol. The summed E-state index contributed by atoms with van der Waals surface area (Å²) in [5, 5.41) is 18.8. The van der Waals surface area contributed by atoms with Crippen molar-refractivity contribution in [2.75, 3.05) is 6.61 Å². The van der Waals surface area contributed by atoms with E-state index < -0.39 is 0 Å². The average Bonchev–Trinajstić information content (AvgIpc) is 3.10. The van der Waals surface area contributed by atoms with Gasteiger partial charge in [0.2, 0.25) is 0 Å². The van der Waals surface area contributed by atoms with E-state index in [1.54, 1.807) is 0 Å². The molecule has 2 atom stereocenters. The number of aliphatic hydroxyl groups is 1. The lowest BCUT2D eigenvalue weighted by Gasteiger charge is -2.13. The molecule has 0 radical (unpaired) electrons. The van der Waals surface area contributed by atoms with Gasteiger partial charge >= 0.3 is 6.03 Å². The van der Waals surface area contributed by atoms with E-state index in [0.717, 1.165) is 36.3 Å². The van der Waals surface area contributed by atoms with Gasteiger partial charge in [-0.3, -0.25) is 0 Å². The van der Waals surface area contributed by atoms with E-state index >= 15 is 0 Å². The molecule has 3 N–H and O–H groups in total. The number of nitrogens with one attached hydrogen (secondary N) is 2. The average molecular weight is 293 g/mol. The van der Waals surface area contributed by atoms with Crippen molar-refractivity contribution >= 4 is 6.03 Å². The first kappa shape index (κ1) is 15.6. The molecule has 116 valence electrons. The predicted octanol–water partition coefficient (Wildman–Crippen LogP) is 1.54. The molecule has 0 spiro atoms. The number of amides is 2. The normalized spacial score (nSPS) is 20.7. The highest BCUT2D eigenvalue weighted by atomic mass is 16.5. The summed E-state index contributed by atoms with van der Waals surface area (Å²) in [6, 6.07) is -0.227. The first-order chi connectivity index (χ1) is 10.2. The van der Waals surface area contributed by atoms with Gasteiger partial charge in [0, 0.05) is 37.1 Å². The molecule has 1 aromatic rings. The summed E-state index contributed by atoms with van der Waals surface area (Å²) < 4.78 is 5.27. The summed E-state index contributed by atoms with van der Waals surface area (Å²) in [4.78, 5) is 11.9. The third kappa shape index (κ3) is 3.85. The second-order valence-electron chi connectivity index (χ2n) is 5.23. The van der Waals surface area contributed by atoms with Crippen LogP contribution in [0.1, 0.15) is 37.3 Å². The molecule has 0 unspecified atom stereocenters. The Balaban J connectivity index is 1.84. The van der Waals surface area contributed by atoms with Gasteiger partial charge in [0.25, 0.3) is 0 Å². The molecule has 0 aliphatic heterocycles. The fourth-order valence-corrected chi connectivity index (χ4v) is 2.54. The van der Waals surface area contributed by atoms with Gasteiger partial charge in [-0.1, -0.05) is 31.2 Å². The molecule has 1 aliphatic carbocycles. The van der Waals surface area contributed by atoms with Crippen LogP contribution >= 0.6 is 0 Å². The zero-order valence-corrected chi connectivity index (χ0v) is 12.6. The van der Waals surface area contributed by atoms with E-state index in [1.165, 1.54) is 0 Å². The summed E-state index contributed by atoms with van der Waals surface area (Å²) in [6.45, 7) is 4.55. The van der Waals surface area contributed by atoms with Crippen LogP contribution in [0.3, 0.4) is 0 Å². The highest BCUT2D eigenvalue weighted by molar-refractivity contribution is 5.74. The molecule has 6 nitrogen and oxygen atoms in total. The lowest BCUT2D eigenvalue weighted by Crippen LogP contribution is -2.40. The number of carbonyl (C=O) groups excluding carboxylic acids is 1. The largest absolute Gasteiger partial charge is 0.396 e. The van der Waals surface area contributed by atoms with Crippen LogP contribution in [0, 0.1) is 5.92 Å². The molecule has 0 saturated heterocycles. The van der Waals surface area contributed by atoms with Crippen molar-refractivity contribution < 1.29 is 14.4 Å². The number of hydrogen-bond donors (Lipinski definition) is 3. The first-order valence-electron chi connectivity index (χ1n) is 7.47. The number of rotatable bonds is 6. The third-order valence-electron chi connectivity index (χ3n) is 3.76. The van der Waals surface area contributed by atoms with Crippen LogP contribution < -0.4 is 10.6 Å². The third-order valence-corrected chi connectivity index (χ3v) is 3.76. The number of aromatic nitrogens is 1. The smallest absolute Gasteiger partial charge is 0.315 e. The number of urea groups is 1. The Morgan fingerprint density at radius 2 is 2.24 bits per heavy atom. The molecule has 0 fully saturated rings. The van der Waals surface area contributed by atoms with Gasteiger partial charge in [-0.05, 0) is 12.8 Å². The van der Waals surface area contributed by atoms with Gasteiger partial charge in [-0.25, -0.2) is 4.79 Å². The van der Waals surface area contributed by atoms with Gasteiger partial charge in [0.05, 0.1) is 5.69 Å². The van der Waals surface area contributed by atoms with Gasteiger partial charge < -0.3 is 20.3 Å². The van der Waals surface area contributed by atoms with Crippen LogP contribution in [0.25, 0.3) is 0 Å². The summed E-state index contributed by atoms with van der Waals surface area (Å²) in [5.41, 5.74) is 1.87. The van der Waals surface area contributed by atoms with E-state index in [0.29, 0.717) is 6.54 Å². The lowest BCUT2D eigenvalue weighted by molar-refractivity contribution is 0.231. The molecule has 1 aromatic heterocycles. The highest BCUT2D eigenvalue weighted by Crippen LogP contribution is 2.17. The minimum Gasteiger partial charge on any atom is -0.396 e. The standard InChI is InChI=1S/C15H23N3O3/c1-3-13-12(14(4-2)21-18-13)8-16-15(20)17-11-6-5-10(7-11)9-19/h5-6,10-11,19H,3-4,7-9H2,1-2H3,(H2,16,17,20)/t10-,11+/m0/s1. The van der Waals surface area contributed by atoms with Gasteiger partial charge in [0.1, 0.15) is 5.76 Å². The van der Waals surface area contributed by atoms with Crippen molar-refractivity contribution in [3.8, 4) is 0 Å². The quantitative estimate of drug-likeness (QED) is 0.694. The van der Waals surface area contributed by atoms with E-state index in [9.17, 15) is 4.79 Å². The van der Waals surface area contributed by atoms with Crippen molar-refractivity contribution in [3.63, 3.8) is 0 Å². The Labute approximate surface area is 124 Å². The van der Waals surface area contributed by atoms with Crippen LogP contribution in [-0.2, 0) is 19.4 Å². The molecular formula is C15H23N3O3. The maximum atomic E-state index is 11.9. The highest BCUT2D eigenvalue weighted by Gasteiger charge is 2.20. The Morgan fingerprint density at radius 3 is 2.86 bits per heavy atom. The topological polar surface area (TPSA) is 87.4 Å². The molecule has 21 heavy (non-hydrogen) atoms. The summed E-state index contributed by atoms with van der Waals surface area (Å²) >= 11 is 0. The molecule has 1 aliphatic rings. The van der Waals surface area contributed by atoms with E-state index in [4.69, 9.17) is 9.63 Å². The number of aryl methyl sites for hydroxylation is 2. The molecule has 1 heterocycles. The van der Waals surface area contributed by atoms with Crippen molar-refractivity contribution in [1.82, 2.24) is 15.8 Å². The SMILES string of the molecule is CCc1noc(CC)c1CNC(=O)N[C@@H]1C=C[C@H](CO)C1. The number of carbonyl (C=O) groups is 1. The Bertz CT molecular complexity index is 489. The monoisotopic (exact) mass is 293 g/mol.